The lowest BCUT2D eigenvalue weighted by atomic mass is 10.2. The highest BCUT2D eigenvalue weighted by Crippen LogP contribution is 2.34. The molecule has 0 aliphatic carbocycles. The maximum atomic E-state index is 12.8. The number of amides is 2. The van der Waals surface area contributed by atoms with Crippen LogP contribution in [-0.4, -0.2) is 40.1 Å². The van der Waals surface area contributed by atoms with Crippen LogP contribution in [0, 0.1) is 13.8 Å². The Morgan fingerprint density at radius 1 is 1.13 bits per heavy atom. The number of hydrogen-bond acceptors (Lipinski definition) is 6. The topological polar surface area (TPSA) is 84.4 Å². The molecule has 8 heteroatoms. The minimum absolute atomic E-state index is 0.0282. The van der Waals surface area contributed by atoms with Gasteiger partial charge in [-0.3, -0.25) is 9.59 Å². The SMILES string of the molecule is Cc1ccc(NC(=O)c2nnc([C@H]3CCCN3C(=O)COc3cccc(C)c3)s2)cc1. The fourth-order valence-corrected chi connectivity index (χ4v) is 4.42. The Hall–Kier alpha value is -3.26. The van der Waals surface area contributed by atoms with E-state index in [1.807, 2.05) is 62.4 Å². The van der Waals surface area contributed by atoms with E-state index in [2.05, 4.69) is 15.5 Å². The molecule has 2 aromatic carbocycles. The normalized spacial score (nSPS) is 15.7. The molecule has 0 bridgehead atoms. The number of carbonyl (C=O) groups is 2. The number of benzene rings is 2. The summed E-state index contributed by atoms with van der Waals surface area (Å²) >= 11 is 1.23. The molecule has 1 N–H and O–H groups in total. The minimum atomic E-state index is -0.300. The number of rotatable bonds is 6. The zero-order chi connectivity index (χ0) is 21.8. The fraction of sp³-hybridized carbons (Fsp3) is 0.304. The van der Waals surface area contributed by atoms with Crippen LogP contribution in [-0.2, 0) is 4.79 Å². The number of aryl methyl sites for hydroxylation is 2. The van der Waals surface area contributed by atoms with Crippen LogP contribution in [0.1, 0.15) is 44.8 Å². The van der Waals surface area contributed by atoms with Gasteiger partial charge in [0.1, 0.15) is 10.8 Å². The number of hydrogen-bond donors (Lipinski definition) is 1. The molecule has 1 fully saturated rings. The van der Waals surface area contributed by atoms with Gasteiger partial charge in [0.25, 0.3) is 11.8 Å². The fourth-order valence-electron chi connectivity index (χ4n) is 3.54. The minimum Gasteiger partial charge on any atom is -0.484 e. The summed E-state index contributed by atoms with van der Waals surface area (Å²) in [6.07, 6.45) is 1.68. The van der Waals surface area contributed by atoms with Gasteiger partial charge in [-0.2, -0.15) is 0 Å². The third-order valence-corrected chi connectivity index (χ3v) is 6.18. The Morgan fingerprint density at radius 3 is 2.71 bits per heavy atom. The van der Waals surface area contributed by atoms with Crippen molar-refractivity contribution in [2.45, 2.75) is 32.7 Å². The zero-order valence-electron chi connectivity index (χ0n) is 17.5. The molecule has 1 aromatic heterocycles. The van der Waals surface area contributed by atoms with E-state index in [-0.39, 0.29) is 29.5 Å². The second-order valence-electron chi connectivity index (χ2n) is 7.62. The van der Waals surface area contributed by atoms with Gasteiger partial charge in [0.05, 0.1) is 6.04 Å². The van der Waals surface area contributed by atoms with Crippen LogP contribution < -0.4 is 10.1 Å². The molecule has 0 spiro atoms. The van der Waals surface area contributed by atoms with Gasteiger partial charge in [0, 0.05) is 12.2 Å². The second-order valence-corrected chi connectivity index (χ2v) is 8.63. The molecular weight excluding hydrogens is 412 g/mol. The molecule has 4 rings (SSSR count). The predicted octanol–water partition coefficient (Wildman–Crippen LogP) is 4.15. The molecule has 3 aromatic rings. The Morgan fingerprint density at radius 2 is 1.94 bits per heavy atom. The first-order valence-electron chi connectivity index (χ1n) is 10.2. The summed E-state index contributed by atoms with van der Waals surface area (Å²) in [5.41, 5.74) is 2.90. The van der Waals surface area contributed by atoms with Crippen molar-refractivity contribution in [1.29, 1.82) is 0 Å². The predicted molar refractivity (Wildman–Crippen MR) is 119 cm³/mol. The first kappa shape index (κ1) is 21.0. The van der Waals surface area contributed by atoms with Gasteiger partial charge in [-0.15, -0.1) is 10.2 Å². The van der Waals surface area contributed by atoms with Gasteiger partial charge in [-0.1, -0.05) is 41.2 Å². The average Bonchev–Trinajstić information content (AvgIpc) is 3.43. The summed E-state index contributed by atoms with van der Waals surface area (Å²) < 4.78 is 5.68. The van der Waals surface area contributed by atoms with Crippen molar-refractivity contribution in [2.24, 2.45) is 0 Å². The lowest BCUT2D eigenvalue weighted by molar-refractivity contribution is -0.134. The number of carbonyl (C=O) groups excluding carboxylic acids is 2. The molecule has 2 heterocycles. The van der Waals surface area contributed by atoms with Gasteiger partial charge >= 0.3 is 0 Å². The van der Waals surface area contributed by atoms with Crippen LogP contribution in [0.3, 0.4) is 0 Å². The van der Waals surface area contributed by atoms with E-state index in [0.717, 1.165) is 24.0 Å². The van der Waals surface area contributed by atoms with Crippen LogP contribution in [0.4, 0.5) is 5.69 Å². The first-order chi connectivity index (χ1) is 15.0. The lowest BCUT2D eigenvalue weighted by Gasteiger charge is -2.22. The molecule has 1 aliphatic rings. The standard InChI is InChI=1S/C23H24N4O3S/c1-15-8-10-17(11-9-15)24-21(29)23-26-25-22(31-23)19-7-4-12-27(19)20(28)14-30-18-6-3-5-16(2)13-18/h3,5-6,8-11,13,19H,4,7,12,14H2,1-2H3,(H,24,29)/t19-/m1/s1. The van der Waals surface area contributed by atoms with Crippen molar-refractivity contribution in [2.75, 3.05) is 18.5 Å². The van der Waals surface area contributed by atoms with Crippen molar-refractivity contribution in [3.63, 3.8) is 0 Å². The summed E-state index contributed by atoms with van der Waals surface area (Å²) in [7, 11) is 0. The number of nitrogens with zero attached hydrogens (tertiary/aromatic N) is 3. The molecule has 2 amide bonds. The van der Waals surface area contributed by atoms with E-state index in [9.17, 15) is 9.59 Å². The van der Waals surface area contributed by atoms with Crippen molar-refractivity contribution < 1.29 is 14.3 Å². The number of ether oxygens (including phenoxy) is 1. The molecule has 1 aliphatic heterocycles. The summed E-state index contributed by atoms with van der Waals surface area (Å²) in [6, 6.07) is 15.0. The quantitative estimate of drug-likeness (QED) is 0.628. The highest BCUT2D eigenvalue weighted by molar-refractivity contribution is 7.13. The zero-order valence-corrected chi connectivity index (χ0v) is 18.3. The Balaban J connectivity index is 1.39. The van der Waals surface area contributed by atoms with Crippen molar-refractivity contribution in [1.82, 2.24) is 15.1 Å². The average molecular weight is 437 g/mol. The highest BCUT2D eigenvalue weighted by atomic mass is 32.1. The molecule has 0 unspecified atom stereocenters. The summed E-state index contributed by atoms with van der Waals surface area (Å²) in [5.74, 6) is 0.284. The first-order valence-corrected chi connectivity index (χ1v) is 11.0. The largest absolute Gasteiger partial charge is 0.484 e. The third kappa shape index (κ3) is 5.08. The number of anilines is 1. The van der Waals surface area contributed by atoms with Crippen molar-refractivity contribution in [3.05, 3.63) is 69.7 Å². The van der Waals surface area contributed by atoms with Crippen LogP contribution in [0.5, 0.6) is 5.75 Å². The van der Waals surface area contributed by atoms with Gasteiger partial charge in [-0.25, -0.2) is 0 Å². The molecule has 160 valence electrons. The van der Waals surface area contributed by atoms with Gasteiger partial charge in [-0.05, 0) is 56.5 Å². The lowest BCUT2D eigenvalue weighted by Crippen LogP contribution is -2.34. The second kappa shape index (κ2) is 9.26. The van der Waals surface area contributed by atoms with Crippen molar-refractivity contribution >= 4 is 28.8 Å². The molecule has 1 atom stereocenters. The van der Waals surface area contributed by atoms with Gasteiger partial charge in [0.15, 0.2) is 6.61 Å². The van der Waals surface area contributed by atoms with E-state index in [1.54, 1.807) is 4.90 Å². The van der Waals surface area contributed by atoms with Crippen LogP contribution in [0.2, 0.25) is 0 Å². The summed E-state index contributed by atoms with van der Waals surface area (Å²) in [4.78, 5) is 27.1. The highest BCUT2D eigenvalue weighted by Gasteiger charge is 2.33. The molecule has 0 saturated carbocycles. The van der Waals surface area contributed by atoms with E-state index < -0.39 is 0 Å². The summed E-state index contributed by atoms with van der Waals surface area (Å²) in [5, 5.41) is 12.1. The summed E-state index contributed by atoms with van der Waals surface area (Å²) in [6.45, 7) is 4.58. The van der Waals surface area contributed by atoms with Crippen molar-refractivity contribution in [3.8, 4) is 5.75 Å². The van der Waals surface area contributed by atoms with E-state index in [4.69, 9.17) is 4.74 Å². The Labute approximate surface area is 185 Å². The molecule has 31 heavy (non-hydrogen) atoms. The Kier molecular flexibility index (Phi) is 6.27. The maximum Gasteiger partial charge on any atom is 0.286 e. The monoisotopic (exact) mass is 436 g/mol. The molecule has 1 saturated heterocycles. The number of nitrogens with one attached hydrogen (secondary N) is 1. The molecule has 7 nitrogen and oxygen atoms in total. The smallest absolute Gasteiger partial charge is 0.286 e. The van der Waals surface area contributed by atoms with Gasteiger partial charge < -0.3 is 15.0 Å². The van der Waals surface area contributed by atoms with Crippen LogP contribution in [0.25, 0.3) is 0 Å². The maximum absolute atomic E-state index is 12.8. The van der Waals surface area contributed by atoms with Crippen LogP contribution in [0.15, 0.2) is 48.5 Å². The van der Waals surface area contributed by atoms with Crippen LogP contribution >= 0.6 is 11.3 Å². The third-order valence-electron chi connectivity index (χ3n) is 5.15. The van der Waals surface area contributed by atoms with E-state index in [1.165, 1.54) is 11.3 Å². The molecule has 0 radical (unpaired) electrons. The number of aromatic nitrogens is 2. The molecular formula is C23H24N4O3S. The van der Waals surface area contributed by atoms with E-state index in [0.29, 0.717) is 23.0 Å². The number of likely N-dealkylation sites (tertiary alicyclic amines) is 1. The Bertz CT molecular complexity index is 1080. The van der Waals surface area contributed by atoms with Gasteiger partial charge in [0.2, 0.25) is 5.01 Å². The van der Waals surface area contributed by atoms with E-state index >= 15 is 0 Å².